The van der Waals surface area contributed by atoms with Gasteiger partial charge < -0.3 is 20.1 Å². The molecule has 0 radical (unpaired) electrons. The summed E-state index contributed by atoms with van der Waals surface area (Å²) in [6, 6.07) is 17.9. The molecule has 2 atom stereocenters. The third-order valence-corrected chi connectivity index (χ3v) is 4.71. The van der Waals surface area contributed by atoms with Crippen molar-refractivity contribution < 1.29 is 19.1 Å². The molecule has 30 heavy (non-hydrogen) atoms. The van der Waals surface area contributed by atoms with Gasteiger partial charge in [0, 0.05) is 0 Å². The van der Waals surface area contributed by atoms with E-state index in [2.05, 4.69) is 10.6 Å². The molecule has 0 spiro atoms. The van der Waals surface area contributed by atoms with E-state index in [1.54, 1.807) is 13.8 Å². The minimum Gasteiger partial charge on any atom is -0.461 e. The molecule has 0 bridgehead atoms. The zero-order chi connectivity index (χ0) is 21.9. The quantitative estimate of drug-likeness (QED) is 0.497. The summed E-state index contributed by atoms with van der Waals surface area (Å²) < 4.78 is 10.0. The second-order valence-electron chi connectivity index (χ2n) is 6.16. The van der Waals surface area contributed by atoms with Gasteiger partial charge in [-0.1, -0.05) is 85.1 Å². The van der Waals surface area contributed by atoms with Crippen LogP contribution in [-0.2, 0) is 19.1 Å². The summed E-state index contributed by atoms with van der Waals surface area (Å²) in [4.78, 5) is 24.2. The highest BCUT2D eigenvalue weighted by atomic mass is 32.1. The summed E-state index contributed by atoms with van der Waals surface area (Å²) in [5.74, 6) is -1.23. The van der Waals surface area contributed by atoms with Crippen LogP contribution in [0, 0.1) is 0 Å². The van der Waals surface area contributed by atoms with Crippen molar-refractivity contribution in [2.75, 3.05) is 13.2 Å². The summed E-state index contributed by atoms with van der Waals surface area (Å²) in [6.07, 6.45) is 0. The Morgan fingerprint density at radius 2 is 1.07 bits per heavy atom. The summed E-state index contributed by atoms with van der Waals surface area (Å²) in [5.41, 5.74) is 1.69. The maximum absolute atomic E-state index is 12.1. The van der Waals surface area contributed by atoms with Crippen LogP contribution in [0.25, 0.3) is 0 Å². The van der Waals surface area contributed by atoms with E-state index in [4.69, 9.17) is 33.9 Å². The van der Waals surface area contributed by atoms with Crippen LogP contribution in [0.4, 0.5) is 0 Å². The van der Waals surface area contributed by atoms with E-state index >= 15 is 0 Å². The van der Waals surface area contributed by atoms with Crippen molar-refractivity contribution in [1.29, 1.82) is 0 Å². The minimum absolute atomic E-state index is 0.0597. The number of hydrogen-bond donors (Lipinski definition) is 2. The summed E-state index contributed by atoms with van der Waals surface area (Å²) in [5, 5.41) is 6.15. The molecule has 8 heteroatoms. The van der Waals surface area contributed by atoms with Crippen molar-refractivity contribution >= 4 is 46.4 Å². The van der Waals surface area contributed by atoms with Gasteiger partial charge in [-0.15, -0.1) is 0 Å². The van der Waals surface area contributed by atoms with Crippen molar-refractivity contribution in [2.24, 2.45) is 0 Å². The molecule has 2 rings (SSSR count). The largest absolute Gasteiger partial charge is 0.461 e. The van der Waals surface area contributed by atoms with Crippen LogP contribution in [0.3, 0.4) is 0 Å². The molecule has 0 saturated heterocycles. The number of rotatable bonds is 7. The van der Waals surface area contributed by atoms with Crippen LogP contribution < -0.4 is 10.6 Å². The molecule has 0 fully saturated rings. The highest BCUT2D eigenvalue weighted by molar-refractivity contribution is 7.82. The fourth-order valence-electron chi connectivity index (χ4n) is 2.83. The molecular formula is C22H24N2O4S2. The van der Waals surface area contributed by atoms with Crippen molar-refractivity contribution in [1.82, 2.24) is 10.6 Å². The number of carbonyl (C=O) groups is 2. The Morgan fingerprint density at radius 1 is 0.733 bits per heavy atom. The summed E-state index contributed by atoms with van der Waals surface area (Å²) in [6.45, 7) is 3.84. The van der Waals surface area contributed by atoms with Crippen molar-refractivity contribution in [2.45, 2.75) is 25.9 Å². The van der Waals surface area contributed by atoms with E-state index in [1.807, 2.05) is 60.7 Å². The predicted molar refractivity (Wildman–Crippen MR) is 123 cm³/mol. The van der Waals surface area contributed by atoms with Gasteiger partial charge in [0.05, 0.1) is 25.3 Å². The highest BCUT2D eigenvalue weighted by Crippen LogP contribution is 2.29. The lowest BCUT2D eigenvalue weighted by Gasteiger charge is -2.30. The lowest BCUT2D eigenvalue weighted by atomic mass is 9.93. The second-order valence-corrected chi connectivity index (χ2v) is 6.98. The zero-order valence-corrected chi connectivity index (χ0v) is 18.4. The molecule has 2 aromatic rings. The number of nitrogens with one attached hydrogen (secondary N) is 2. The maximum Gasteiger partial charge on any atom is 0.365 e. The molecule has 0 saturated carbocycles. The lowest BCUT2D eigenvalue weighted by Crippen LogP contribution is -2.44. The number of esters is 2. The number of ether oxygens (including phenoxy) is 2. The molecule has 0 amide bonds. The Kier molecular flexibility index (Phi) is 9.37. The molecule has 0 aromatic heterocycles. The average Bonchev–Trinajstić information content (AvgIpc) is 2.77. The molecule has 158 valence electrons. The normalized spacial score (nSPS) is 12.2. The monoisotopic (exact) mass is 444 g/mol. The number of carbonyl (C=O) groups excluding carboxylic acids is 2. The first kappa shape index (κ1) is 23.4. The van der Waals surface area contributed by atoms with Crippen molar-refractivity contribution in [3.63, 3.8) is 0 Å². The first-order valence-electron chi connectivity index (χ1n) is 9.53. The Balaban J connectivity index is 2.43. The number of thiocarbonyl (C=S) groups is 2. The fraction of sp³-hybridized carbons (Fsp3) is 0.273. The molecular weight excluding hydrogens is 420 g/mol. The van der Waals surface area contributed by atoms with Gasteiger partial charge in [-0.3, -0.25) is 0 Å². The summed E-state index contributed by atoms with van der Waals surface area (Å²) in [7, 11) is 0. The van der Waals surface area contributed by atoms with Gasteiger partial charge in [-0.05, 0) is 25.0 Å². The van der Waals surface area contributed by atoms with E-state index < -0.39 is 24.0 Å². The standard InChI is InChI=1S/C22H24N2O4S2/c1-3-27-21(25)19(29)23-17(15-11-7-5-8-12-15)18(16-13-9-6-10-14-16)24-20(30)22(26)28-4-2/h5-14,17-18H,3-4H2,1-2H3,(H,23,29)(H,24,30)/t17-,18-/m1/s1. The minimum atomic E-state index is -0.617. The van der Waals surface area contributed by atoms with Crippen LogP contribution in [-0.4, -0.2) is 35.1 Å². The van der Waals surface area contributed by atoms with Crippen LogP contribution in [0.1, 0.15) is 37.1 Å². The van der Waals surface area contributed by atoms with E-state index in [0.717, 1.165) is 11.1 Å². The van der Waals surface area contributed by atoms with Gasteiger partial charge in [0.15, 0.2) is 9.98 Å². The first-order valence-corrected chi connectivity index (χ1v) is 10.3. The third kappa shape index (κ3) is 6.60. The van der Waals surface area contributed by atoms with Gasteiger partial charge in [0.1, 0.15) is 0 Å². The number of benzene rings is 2. The summed E-state index contributed by atoms with van der Waals surface area (Å²) >= 11 is 10.5. The Labute approximate surface area is 187 Å². The smallest absolute Gasteiger partial charge is 0.365 e. The molecule has 2 aromatic carbocycles. The molecule has 0 aliphatic carbocycles. The topological polar surface area (TPSA) is 76.7 Å². The Hall–Kier alpha value is -2.84. The van der Waals surface area contributed by atoms with E-state index in [1.165, 1.54) is 0 Å². The van der Waals surface area contributed by atoms with Gasteiger partial charge in [-0.2, -0.15) is 0 Å². The van der Waals surface area contributed by atoms with Gasteiger partial charge in [0.2, 0.25) is 0 Å². The SMILES string of the molecule is CCOC(=O)C(=S)N[C@H](c1ccccc1)[C@H](NC(=S)C(=O)OCC)c1ccccc1. The third-order valence-electron chi connectivity index (χ3n) is 4.15. The maximum atomic E-state index is 12.1. The molecule has 6 nitrogen and oxygen atoms in total. The average molecular weight is 445 g/mol. The fourth-order valence-corrected chi connectivity index (χ4v) is 3.20. The molecule has 0 aliphatic heterocycles. The zero-order valence-electron chi connectivity index (χ0n) is 16.8. The Bertz CT molecular complexity index is 802. The molecule has 0 unspecified atom stereocenters. The van der Waals surface area contributed by atoms with Crippen molar-refractivity contribution in [3.05, 3.63) is 71.8 Å². The van der Waals surface area contributed by atoms with E-state index in [9.17, 15) is 9.59 Å². The predicted octanol–water partition coefficient (Wildman–Crippen LogP) is 3.43. The first-order chi connectivity index (χ1) is 14.5. The van der Waals surface area contributed by atoms with Gasteiger partial charge >= 0.3 is 11.9 Å². The van der Waals surface area contributed by atoms with Crippen LogP contribution in [0.5, 0.6) is 0 Å². The van der Waals surface area contributed by atoms with Crippen LogP contribution >= 0.6 is 24.4 Å². The van der Waals surface area contributed by atoms with E-state index in [0.29, 0.717) is 0 Å². The highest BCUT2D eigenvalue weighted by Gasteiger charge is 2.29. The van der Waals surface area contributed by atoms with Gasteiger partial charge in [0.25, 0.3) is 0 Å². The van der Waals surface area contributed by atoms with E-state index in [-0.39, 0.29) is 23.2 Å². The molecule has 0 aliphatic rings. The number of hydrogen-bond acceptors (Lipinski definition) is 6. The van der Waals surface area contributed by atoms with Crippen LogP contribution in [0.2, 0.25) is 0 Å². The van der Waals surface area contributed by atoms with Crippen LogP contribution in [0.15, 0.2) is 60.7 Å². The molecule has 0 heterocycles. The molecule has 2 N–H and O–H groups in total. The lowest BCUT2D eigenvalue weighted by molar-refractivity contribution is -0.136. The van der Waals surface area contributed by atoms with Gasteiger partial charge in [-0.25, -0.2) is 9.59 Å². The van der Waals surface area contributed by atoms with Crippen molar-refractivity contribution in [3.8, 4) is 0 Å². The second kappa shape index (κ2) is 12.0. The Morgan fingerprint density at radius 3 is 1.37 bits per heavy atom.